The van der Waals surface area contributed by atoms with Crippen molar-refractivity contribution in [1.82, 2.24) is 14.9 Å². The Balaban J connectivity index is 2.31. The van der Waals surface area contributed by atoms with Gasteiger partial charge in [0, 0.05) is 13.2 Å². The van der Waals surface area contributed by atoms with Gasteiger partial charge in [-0.2, -0.15) is 0 Å². The van der Waals surface area contributed by atoms with Crippen LogP contribution in [0.3, 0.4) is 0 Å². The molecular weight excluding hydrogens is 258 g/mol. The number of imidazole rings is 1. The Labute approximate surface area is 116 Å². The van der Waals surface area contributed by atoms with Crippen LogP contribution in [0.15, 0.2) is 42.9 Å². The summed E-state index contributed by atoms with van der Waals surface area (Å²) >= 11 is 0. The van der Waals surface area contributed by atoms with Crippen LogP contribution in [0, 0.1) is 0 Å². The van der Waals surface area contributed by atoms with E-state index in [1.807, 2.05) is 0 Å². The van der Waals surface area contributed by atoms with Gasteiger partial charge < -0.3 is 15.0 Å². The minimum atomic E-state index is -1.50. The fourth-order valence-corrected chi connectivity index (χ4v) is 1.84. The summed E-state index contributed by atoms with van der Waals surface area (Å²) in [5.41, 5.74) is -0.830. The van der Waals surface area contributed by atoms with Gasteiger partial charge in [0.05, 0.1) is 6.33 Å². The molecule has 0 aliphatic heterocycles. The van der Waals surface area contributed by atoms with Crippen LogP contribution in [-0.4, -0.2) is 26.5 Å². The van der Waals surface area contributed by atoms with Crippen molar-refractivity contribution in [3.05, 3.63) is 54.1 Å². The van der Waals surface area contributed by atoms with E-state index >= 15 is 0 Å². The van der Waals surface area contributed by atoms with E-state index in [0.717, 1.165) is 0 Å². The predicted octanol–water partition coefficient (Wildman–Crippen LogP) is 1.15. The molecule has 0 saturated heterocycles. The zero-order valence-corrected chi connectivity index (χ0v) is 11.2. The number of aliphatic carboxylic acids is 1. The van der Waals surface area contributed by atoms with Gasteiger partial charge in [-0.1, -0.05) is 30.3 Å². The molecule has 1 unspecified atom stereocenters. The van der Waals surface area contributed by atoms with E-state index in [9.17, 15) is 14.7 Å². The largest absolute Gasteiger partial charge is 0.479 e. The summed E-state index contributed by atoms with van der Waals surface area (Å²) in [4.78, 5) is 27.6. The first-order valence-electron chi connectivity index (χ1n) is 6.03. The number of nitrogens with one attached hydrogen (secondary N) is 1. The number of carbonyl (C=O) groups is 2. The van der Waals surface area contributed by atoms with Gasteiger partial charge in [0.15, 0.2) is 5.54 Å². The van der Waals surface area contributed by atoms with Gasteiger partial charge in [0.2, 0.25) is 0 Å². The zero-order valence-electron chi connectivity index (χ0n) is 11.2. The molecule has 2 aromatic rings. The summed E-state index contributed by atoms with van der Waals surface area (Å²) in [6, 6.07) is 8.55. The lowest BCUT2D eigenvalue weighted by molar-refractivity contribution is -0.144. The topological polar surface area (TPSA) is 84.2 Å². The molecule has 0 aliphatic carbocycles. The Morgan fingerprint density at radius 3 is 2.45 bits per heavy atom. The van der Waals surface area contributed by atoms with Gasteiger partial charge in [-0.05, 0) is 12.5 Å². The first kappa shape index (κ1) is 13.8. The van der Waals surface area contributed by atoms with E-state index in [4.69, 9.17) is 0 Å². The average molecular weight is 273 g/mol. The Hall–Kier alpha value is -2.63. The van der Waals surface area contributed by atoms with Crippen molar-refractivity contribution in [3.8, 4) is 0 Å². The molecule has 2 rings (SSSR count). The number of carboxylic acid groups (broad SMARTS) is 1. The molecule has 1 heterocycles. The molecule has 0 bridgehead atoms. The van der Waals surface area contributed by atoms with E-state index in [0.29, 0.717) is 5.56 Å². The lowest BCUT2D eigenvalue weighted by atomic mass is 9.92. The van der Waals surface area contributed by atoms with E-state index in [1.54, 1.807) is 41.9 Å². The molecule has 1 atom stereocenters. The molecule has 2 N–H and O–H groups in total. The van der Waals surface area contributed by atoms with Gasteiger partial charge in [-0.3, -0.25) is 4.79 Å². The smallest absolute Gasteiger partial charge is 0.333 e. The van der Waals surface area contributed by atoms with E-state index in [1.165, 1.54) is 19.4 Å². The third kappa shape index (κ3) is 2.54. The van der Waals surface area contributed by atoms with Crippen molar-refractivity contribution in [3.63, 3.8) is 0 Å². The predicted molar refractivity (Wildman–Crippen MR) is 72.1 cm³/mol. The lowest BCUT2D eigenvalue weighted by Gasteiger charge is -2.26. The average Bonchev–Trinajstić information content (AvgIpc) is 2.86. The summed E-state index contributed by atoms with van der Waals surface area (Å²) in [7, 11) is 1.73. The molecule has 0 spiro atoms. The second-order valence-electron chi connectivity index (χ2n) is 4.67. The minimum Gasteiger partial charge on any atom is -0.479 e. The molecule has 6 nitrogen and oxygen atoms in total. The van der Waals surface area contributed by atoms with Crippen molar-refractivity contribution in [1.29, 1.82) is 0 Å². The van der Waals surface area contributed by atoms with Crippen LogP contribution in [0.1, 0.15) is 23.0 Å². The molecule has 0 saturated carbocycles. The van der Waals surface area contributed by atoms with Gasteiger partial charge in [0.25, 0.3) is 5.91 Å². The third-order valence-electron chi connectivity index (χ3n) is 3.08. The van der Waals surface area contributed by atoms with Crippen LogP contribution in [-0.2, 0) is 17.4 Å². The molecular formula is C14H15N3O3. The normalized spacial score (nSPS) is 13.5. The highest BCUT2D eigenvalue weighted by molar-refractivity contribution is 5.96. The van der Waals surface area contributed by atoms with Crippen molar-refractivity contribution >= 4 is 11.9 Å². The van der Waals surface area contributed by atoms with Crippen LogP contribution in [0.25, 0.3) is 0 Å². The number of aryl methyl sites for hydroxylation is 1. The summed E-state index contributed by atoms with van der Waals surface area (Å²) < 4.78 is 1.62. The molecule has 1 amide bonds. The van der Waals surface area contributed by atoms with E-state index < -0.39 is 17.4 Å². The number of amides is 1. The van der Waals surface area contributed by atoms with Crippen LogP contribution in [0.5, 0.6) is 0 Å². The Morgan fingerprint density at radius 2 is 1.95 bits per heavy atom. The summed E-state index contributed by atoms with van der Waals surface area (Å²) in [6.45, 7) is 1.45. The molecule has 0 aliphatic rings. The van der Waals surface area contributed by atoms with Gasteiger partial charge >= 0.3 is 5.97 Å². The Morgan fingerprint density at radius 1 is 1.30 bits per heavy atom. The molecule has 20 heavy (non-hydrogen) atoms. The highest BCUT2D eigenvalue weighted by Gasteiger charge is 2.37. The number of hydrogen-bond acceptors (Lipinski definition) is 3. The molecule has 0 radical (unpaired) electrons. The highest BCUT2D eigenvalue weighted by Crippen LogP contribution is 2.21. The number of aromatic nitrogens is 2. The number of benzene rings is 1. The van der Waals surface area contributed by atoms with Crippen LogP contribution in [0.2, 0.25) is 0 Å². The van der Waals surface area contributed by atoms with Crippen LogP contribution in [0.4, 0.5) is 0 Å². The quantitative estimate of drug-likeness (QED) is 0.875. The fraction of sp³-hybridized carbons (Fsp3) is 0.214. The second-order valence-corrected chi connectivity index (χ2v) is 4.67. The second kappa shape index (κ2) is 5.16. The lowest BCUT2D eigenvalue weighted by Crippen LogP contribution is -2.49. The highest BCUT2D eigenvalue weighted by atomic mass is 16.4. The summed E-state index contributed by atoms with van der Waals surface area (Å²) in [6.07, 6.45) is 3.01. The minimum absolute atomic E-state index is 0.177. The van der Waals surface area contributed by atoms with Crippen molar-refractivity contribution in [2.45, 2.75) is 12.5 Å². The summed E-state index contributed by atoms with van der Waals surface area (Å²) in [5.74, 6) is -1.66. The van der Waals surface area contributed by atoms with Gasteiger partial charge in [-0.15, -0.1) is 0 Å². The van der Waals surface area contributed by atoms with Gasteiger partial charge in [0.1, 0.15) is 5.69 Å². The van der Waals surface area contributed by atoms with Crippen molar-refractivity contribution in [2.75, 3.05) is 0 Å². The monoisotopic (exact) mass is 273 g/mol. The maximum Gasteiger partial charge on any atom is 0.333 e. The molecule has 0 fully saturated rings. The molecule has 1 aromatic carbocycles. The Bertz CT molecular complexity index is 636. The number of carboxylic acids is 1. The van der Waals surface area contributed by atoms with Gasteiger partial charge in [-0.25, -0.2) is 9.78 Å². The first-order chi connectivity index (χ1) is 9.43. The maximum atomic E-state index is 12.1. The first-order valence-corrected chi connectivity index (χ1v) is 6.03. The fourth-order valence-electron chi connectivity index (χ4n) is 1.84. The zero-order chi connectivity index (χ0) is 14.8. The molecule has 1 aromatic heterocycles. The van der Waals surface area contributed by atoms with E-state index in [2.05, 4.69) is 10.3 Å². The number of carbonyl (C=O) groups excluding carboxylic acids is 1. The van der Waals surface area contributed by atoms with Crippen molar-refractivity contribution in [2.24, 2.45) is 7.05 Å². The SMILES string of the molecule is Cn1cnc(C(=O)NC(C)(C(=O)O)c2ccccc2)c1. The molecule has 104 valence electrons. The maximum absolute atomic E-state index is 12.1. The van der Waals surface area contributed by atoms with Crippen molar-refractivity contribution < 1.29 is 14.7 Å². The summed E-state index contributed by atoms with van der Waals surface area (Å²) in [5, 5.41) is 12.0. The number of hydrogen-bond donors (Lipinski definition) is 2. The number of nitrogens with zero attached hydrogens (tertiary/aromatic N) is 2. The van der Waals surface area contributed by atoms with E-state index in [-0.39, 0.29) is 5.69 Å². The third-order valence-corrected chi connectivity index (χ3v) is 3.08. The van der Waals surface area contributed by atoms with Crippen LogP contribution < -0.4 is 5.32 Å². The number of rotatable bonds is 4. The standard InChI is InChI=1S/C14H15N3O3/c1-14(13(19)20,10-6-4-3-5-7-10)16-12(18)11-8-17(2)9-15-11/h3-9H,1-2H3,(H,16,18)(H,19,20). The molecule has 6 heteroatoms. The van der Waals surface area contributed by atoms with Crippen LogP contribution >= 0.6 is 0 Å². The Kier molecular flexibility index (Phi) is 3.56.